The van der Waals surface area contributed by atoms with E-state index < -0.39 is 17.1 Å². The summed E-state index contributed by atoms with van der Waals surface area (Å²) in [4.78, 5) is 10.3. The van der Waals surface area contributed by atoms with E-state index in [-0.39, 0.29) is 11.4 Å². The van der Waals surface area contributed by atoms with E-state index in [4.69, 9.17) is 23.2 Å². The van der Waals surface area contributed by atoms with Crippen LogP contribution < -0.4 is 0 Å². The molecule has 0 aliphatic carbocycles. The van der Waals surface area contributed by atoms with E-state index in [2.05, 4.69) is 0 Å². The third-order valence-electron chi connectivity index (χ3n) is 1.91. The molecule has 1 rings (SSSR count). The maximum absolute atomic E-state index is 12.5. The zero-order valence-corrected chi connectivity index (χ0v) is 9.40. The van der Waals surface area contributed by atoms with E-state index >= 15 is 0 Å². The van der Waals surface area contributed by atoms with Crippen molar-refractivity contribution in [1.29, 1.82) is 0 Å². The molecule has 1 atom stereocenters. The average Bonchev–Trinajstić information content (AvgIpc) is 2.19. The number of alkyl halides is 4. The Bertz CT molecular complexity index is 390. The van der Waals surface area contributed by atoms with Crippen molar-refractivity contribution in [3.63, 3.8) is 0 Å². The monoisotopic (exact) mass is 270 g/mol. The van der Waals surface area contributed by atoms with Gasteiger partial charge in [-0.05, 0) is 24.1 Å². The second-order valence-electron chi connectivity index (χ2n) is 3.17. The smallest absolute Gasteiger partial charge is 0.302 e. The van der Waals surface area contributed by atoms with Crippen molar-refractivity contribution in [1.82, 2.24) is 0 Å². The summed E-state index contributed by atoms with van der Waals surface area (Å²) in [6, 6.07) is 3.46. The summed E-state index contributed by atoms with van der Waals surface area (Å²) in [5, 5.41) is -1.20. The molecule has 0 saturated heterocycles. The van der Waals surface area contributed by atoms with Gasteiger partial charge in [-0.15, -0.1) is 11.6 Å². The fourth-order valence-corrected chi connectivity index (χ4v) is 1.59. The van der Waals surface area contributed by atoms with Crippen LogP contribution in [0.25, 0.3) is 0 Å². The first-order valence-corrected chi connectivity index (χ1v) is 5.11. The number of carbonyl (C=O) groups is 1. The molecule has 0 heterocycles. The summed E-state index contributed by atoms with van der Waals surface area (Å²) < 4.78 is 37.4. The predicted octanol–water partition coefficient (Wildman–Crippen LogP) is 3.71. The molecule has 0 spiro atoms. The lowest BCUT2D eigenvalue weighted by Gasteiger charge is -2.11. The van der Waals surface area contributed by atoms with Gasteiger partial charge in [-0.2, -0.15) is 13.2 Å². The molecule has 0 radical (unpaired) electrons. The Balaban J connectivity index is 3.03. The molecule has 0 aliphatic heterocycles. The van der Waals surface area contributed by atoms with Crippen molar-refractivity contribution in [3.8, 4) is 0 Å². The van der Waals surface area contributed by atoms with Gasteiger partial charge in [-0.3, -0.25) is 0 Å². The first kappa shape index (κ1) is 13.3. The molecule has 1 nitrogen and oxygen atoms in total. The highest BCUT2D eigenvalue weighted by Gasteiger charge is 2.33. The molecule has 0 amide bonds. The summed E-state index contributed by atoms with van der Waals surface area (Å²) in [6.07, 6.45) is -3.98. The van der Waals surface area contributed by atoms with Crippen LogP contribution in [0.3, 0.4) is 0 Å². The third-order valence-corrected chi connectivity index (χ3v) is 2.50. The van der Waals surface area contributed by atoms with Gasteiger partial charge in [0.2, 0.25) is 0 Å². The predicted molar refractivity (Wildman–Crippen MR) is 55.9 cm³/mol. The van der Waals surface area contributed by atoms with Gasteiger partial charge >= 0.3 is 6.18 Å². The van der Waals surface area contributed by atoms with Crippen molar-refractivity contribution >= 4 is 29.5 Å². The summed E-state index contributed by atoms with van der Waals surface area (Å²) in [7, 11) is 0. The number of carbonyl (C=O) groups excluding carboxylic acids is 1. The van der Waals surface area contributed by atoms with Gasteiger partial charge in [0.1, 0.15) is 6.29 Å². The number of benzene rings is 1. The normalized spacial score (nSPS) is 13.6. The maximum atomic E-state index is 12.5. The van der Waals surface area contributed by atoms with Gasteiger partial charge in [0.25, 0.3) is 0 Å². The number of aldehydes is 1. The van der Waals surface area contributed by atoms with Gasteiger partial charge in [-0.25, -0.2) is 0 Å². The molecule has 0 saturated carbocycles. The Kier molecular flexibility index (Phi) is 4.21. The third kappa shape index (κ3) is 3.39. The molecule has 0 fully saturated rings. The van der Waals surface area contributed by atoms with Crippen LogP contribution in [0.2, 0.25) is 5.02 Å². The Labute approximate surface area is 100 Å². The molecule has 0 aromatic heterocycles. The highest BCUT2D eigenvalue weighted by atomic mass is 35.5. The van der Waals surface area contributed by atoms with Gasteiger partial charge in [0, 0.05) is 0 Å². The average molecular weight is 271 g/mol. The Morgan fingerprint density at radius 3 is 2.50 bits per heavy atom. The van der Waals surface area contributed by atoms with Crippen LogP contribution in [-0.2, 0) is 17.4 Å². The summed E-state index contributed by atoms with van der Waals surface area (Å²) in [5.74, 6) is 0. The van der Waals surface area contributed by atoms with Crippen molar-refractivity contribution < 1.29 is 18.0 Å². The lowest BCUT2D eigenvalue weighted by atomic mass is 10.1. The lowest BCUT2D eigenvalue weighted by molar-refractivity contribution is -0.137. The number of rotatable bonds is 3. The molecule has 0 bridgehead atoms. The highest BCUT2D eigenvalue weighted by Crippen LogP contribution is 2.35. The van der Waals surface area contributed by atoms with Crippen LogP contribution >= 0.6 is 23.2 Å². The Morgan fingerprint density at radius 1 is 1.38 bits per heavy atom. The van der Waals surface area contributed by atoms with Gasteiger partial charge < -0.3 is 4.79 Å². The van der Waals surface area contributed by atoms with Gasteiger partial charge in [-0.1, -0.05) is 17.7 Å². The van der Waals surface area contributed by atoms with Crippen LogP contribution in [0.1, 0.15) is 11.1 Å². The first-order valence-electron chi connectivity index (χ1n) is 4.29. The summed E-state index contributed by atoms with van der Waals surface area (Å²) in [5.41, 5.74) is -0.592. The fourth-order valence-electron chi connectivity index (χ4n) is 1.19. The van der Waals surface area contributed by atoms with E-state index in [1.165, 1.54) is 6.07 Å². The molecule has 6 heteroatoms. The fraction of sp³-hybridized carbons (Fsp3) is 0.300. The lowest BCUT2D eigenvalue weighted by Crippen LogP contribution is -2.09. The highest BCUT2D eigenvalue weighted by molar-refractivity contribution is 6.31. The first-order chi connectivity index (χ1) is 7.34. The minimum absolute atomic E-state index is 0.0469. The van der Waals surface area contributed by atoms with Crippen LogP contribution in [0.15, 0.2) is 18.2 Å². The molecule has 1 aromatic rings. The molecular formula is C10H7Cl2F3O. The largest absolute Gasteiger partial charge is 0.417 e. The van der Waals surface area contributed by atoms with Crippen molar-refractivity contribution in [3.05, 3.63) is 34.3 Å². The molecule has 0 aliphatic rings. The molecule has 16 heavy (non-hydrogen) atoms. The van der Waals surface area contributed by atoms with E-state index in [0.29, 0.717) is 11.8 Å². The molecule has 1 unspecified atom stereocenters. The quantitative estimate of drug-likeness (QED) is 0.605. The number of hydrogen-bond acceptors (Lipinski definition) is 1. The number of halogens is 5. The van der Waals surface area contributed by atoms with Crippen LogP contribution in [-0.4, -0.2) is 11.7 Å². The summed E-state index contributed by atoms with van der Waals surface area (Å²) in [6.45, 7) is 0. The number of hydrogen-bond donors (Lipinski definition) is 0. The molecule has 0 N–H and O–H groups in total. The summed E-state index contributed by atoms with van der Waals surface area (Å²) >= 11 is 11.0. The zero-order chi connectivity index (χ0) is 12.3. The second-order valence-corrected chi connectivity index (χ2v) is 4.14. The standard InChI is InChI=1S/C10H7Cl2F3O/c11-7(5-16)3-6-1-2-9(12)8(4-6)10(13,14)15/h1-2,4-5,7H,3H2. The molecule has 1 aromatic carbocycles. The van der Waals surface area contributed by atoms with Crippen LogP contribution in [0.4, 0.5) is 13.2 Å². The van der Waals surface area contributed by atoms with Crippen LogP contribution in [0, 0.1) is 0 Å². The van der Waals surface area contributed by atoms with E-state index in [9.17, 15) is 18.0 Å². The zero-order valence-electron chi connectivity index (χ0n) is 7.89. The topological polar surface area (TPSA) is 17.1 Å². The molecular weight excluding hydrogens is 264 g/mol. The Hall–Kier alpha value is -0.740. The SMILES string of the molecule is O=CC(Cl)Cc1ccc(Cl)c(C(F)(F)F)c1. The van der Waals surface area contributed by atoms with E-state index in [1.807, 2.05) is 0 Å². The van der Waals surface area contributed by atoms with Crippen molar-refractivity contribution in [2.45, 2.75) is 18.0 Å². The van der Waals surface area contributed by atoms with Gasteiger partial charge in [0.15, 0.2) is 0 Å². The van der Waals surface area contributed by atoms with Crippen molar-refractivity contribution in [2.24, 2.45) is 0 Å². The molecule has 88 valence electrons. The minimum Gasteiger partial charge on any atom is -0.302 e. The minimum atomic E-state index is -4.50. The van der Waals surface area contributed by atoms with E-state index in [1.54, 1.807) is 0 Å². The van der Waals surface area contributed by atoms with Crippen LogP contribution in [0.5, 0.6) is 0 Å². The van der Waals surface area contributed by atoms with Gasteiger partial charge in [0.05, 0.1) is 16.0 Å². The van der Waals surface area contributed by atoms with E-state index in [0.717, 1.165) is 12.1 Å². The van der Waals surface area contributed by atoms with Crippen molar-refractivity contribution in [2.75, 3.05) is 0 Å². The second kappa shape index (κ2) is 5.06. The maximum Gasteiger partial charge on any atom is 0.417 e. The Morgan fingerprint density at radius 2 is 2.00 bits per heavy atom.